The number of rotatable bonds is 5. The Morgan fingerprint density at radius 3 is 2.80 bits per heavy atom. The van der Waals surface area contributed by atoms with E-state index in [1.807, 2.05) is 24.3 Å². The van der Waals surface area contributed by atoms with Crippen LogP contribution in [-0.2, 0) is 17.6 Å². The summed E-state index contributed by atoms with van der Waals surface area (Å²) >= 11 is 7.60. The fraction of sp³-hybridized carbons (Fsp3) is 0.182. The minimum absolute atomic E-state index is 0.160. The van der Waals surface area contributed by atoms with Gasteiger partial charge in [-0.1, -0.05) is 54.1 Å². The van der Waals surface area contributed by atoms with Crippen LogP contribution < -0.4 is 11.3 Å². The van der Waals surface area contributed by atoms with Crippen LogP contribution in [0.3, 0.4) is 0 Å². The molecule has 4 rings (SSSR count). The van der Waals surface area contributed by atoms with E-state index in [0.717, 1.165) is 29.0 Å². The smallest absolute Gasteiger partial charge is 0.283 e. The van der Waals surface area contributed by atoms with Crippen LogP contribution in [-0.4, -0.2) is 20.4 Å². The van der Waals surface area contributed by atoms with E-state index in [1.54, 1.807) is 12.2 Å². The van der Waals surface area contributed by atoms with Crippen LogP contribution >= 0.6 is 22.9 Å². The molecule has 0 saturated heterocycles. The van der Waals surface area contributed by atoms with E-state index in [9.17, 15) is 9.59 Å². The number of aromatic nitrogens is 3. The molecule has 0 saturated carbocycles. The Bertz CT molecular complexity index is 1300. The van der Waals surface area contributed by atoms with Gasteiger partial charge in [-0.15, -0.1) is 0 Å². The van der Waals surface area contributed by atoms with E-state index in [2.05, 4.69) is 17.0 Å². The Kier molecular flexibility index (Phi) is 5.65. The zero-order valence-electron chi connectivity index (χ0n) is 16.3. The van der Waals surface area contributed by atoms with Crippen LogP contribution in [0.1, 0.15) is 29.5 Å². The Balaban J connectivity index is 1.74. The standard InChI is InChI=1S/C22H19ClN4O2S/c1-2-5-19-26-27-20(24)16(21(29)25-22(27)30-19)12-15-11-13(8-9-18(15)28)10-14-6-3-4-7-17(14)23/h3-4,6-9,11-12H,2,5,10,24H2,1H3. The Labute approximate surface area is 182 Å². The van der Waals surface area contributed by atoms with Crippen LogP contribution in [0.5, 0.6) is 0 Å². The molecule has 0 fully saturated rings. The van der Waals surface area contributed by atoms with Crippen LogP contribution in [0.2, 0.25) is 5.02 Å². The SMILES string of the molecule is CCCc1nn2c(N)c(C=C3C=C(Cc4ccccc4Cl)C=CC3=O)c(=O)nc2s1. The highest BCUT2D eigenvalue weighted by atomic mass is 35.5. The third-order valence-corrected chi connectivity index (χ3v) is 6.06. The number of anilines is 1. The molecule has 1 aromatic carbocycles. The summed E-state index contributed by atoms with van der Waals surface area (Å²) in [6, 6.07) is 7.55. The lowest BCUT2D eigenvalue weighted by Gasteiger charge is -2.11. The molecule has 2 heterocycles. The van der Waals surface area contributed by atoms with Crippen LogP contribution in [0.25, 0.3) is 11.0 Å². The number of ketones is 1. The second kappa shape index (κ2) is 8.38. The van der Waals surface area contributed by atoms with Crippen molar-refractivity contribution >= 4 is 45.6 Å². The van der Waals surface area contributed by atoms with Crippen molar-refractivity contribution in [3.63, 3.8) is 0 Å². The predicted molar refractivity (Wildman–Crippen MR) is 121 cm³/mol. The minimum atomic E-state index is -0.477. The number of allylic oxidation sites excluding steroid dienone is 5. The topological polar surface area (TPSA) is 90.4 Å². The summed E-state index contributed by atoms with van der Waals surface area (Å²) in [6.07, 6.45) is 8.78. The summed E-state index contributed by atoms with van der Waals surface area (Å²) in [4.78, 5) is 29.6. The number of hydrogen-bond donors (Lipinski definition) is 1. The fourth-order valence-corrected chi connectivity index (χ4v) is 4.41. The largest absolute Gasteiger partial charge is 0.383 e. The molecule has 2 aromatic heterocycles. The predicted octanol–water partition coefficient (Wildman–Crippen LogP) is 4.03. The maximum atomic E-state index is 12.6. The number of carbonyl (C=O) groups is 1. The first-order chi connectivity index (χ1) is 14.5. The van der Waals surface area contributed by atoms with E-state index in [0.29, 0.717) is 22.0 Å². The summed E-state index contributed by atoms with van der Waals surface area (Å²) in [5, 5.41) is 5.97. The van der Waals surface area contributed by atoms with E-state index in [-0.39, 0.29) is 17.2 Å². The average Bonchev–Trinajstić information content (AvgIpc) is 3.12. The van der Waals surface area contributed by atoms with Crippen molar-refractivity contribution in [2.24, 2.45) is 0 Å². The second-order valence-corrected chi connectivity index (χ2v) is 8.39. The first-order valence-corrected chi connectivity index (χ1v) is 10.7. The van der Waals surface area contributed by atoms with Gasteiger partial charge in [0.2, 0.25) is 4.96 Å². The molecule has 0 aliphatic heterocycles. The van der Waals surface area contributed by atoms with Gasteiger partial charge in [-0.3, -0.25) is 9.59 Å². The third kappa shape index (κ3) is 3.99. The maximum absolute atomic E-state index is 12.6. The summed E-state index contributed by atoms with van der Waals surface area (Å²) < 4.78 is 1.47. The lowest BCUT2D eigenvalue weighted by molar-refractivity contribution is -0.111. The minimum Gasteiger partial charge on any atom is -0.383 e. The molecule has 2 N–H and O–H groups in total. The fourth-order valence-electron chi connectivity index (χ4n) is 3.21. The van der Waals surface area contributed by atoms with Crippen molar-refractivity contribution in [2.75, 3.05) is 5.73 Å². The molecule has 30 heavy (non-hydrogen) atoms. The van der Waals surface area contributed by atoms with E-state index in [1.165, 1.54) is 28.0 Å². The summed E-state index contributed by atoms with van der Waals surface area (Å²) in [5.41, 5.74) is 8.14. The molecule has 0 spiro atoms. The number of fused-ring (bicyclic) bond motifs is 1. The van der Waals surface area contributed by atoms with Crippen molar-refractivity contribution < 1.29 is 4.79 Å². The monoisotopic (exact) mass is 438 g/mol. The number of hydrogen-bond acceptors (Lipinski definition) is 6. The number of aryl methyl sites for hydroxylation is 1. The molecule has 152 valence electrons. The Hall–Kier alpha value is -3.03. The normalized spacial score (nSPS) is 15.2. The molecule has 3 aromatic rings. The van der Waals surface area contributed by atoms with E-state index >= 15 is 0 Å². The van der Waals surface area contributed by atoms with Gasteiger partial charge >= 0.3 is 0 Å². The van der Waals surface area contributed by atoms with Crippen molar-refractivity contribution in [1.82, 2.24) is 14.6 Å². The third-order valence-electron chi connectivity index (χ3n) is 4.72. The Morgan fingerprint density at radius 1 is 1.23 bits per heavy atom. The summed E-state index contributed by atoms with van der Waals surface area (Å²) in [5.74, 6) is -0.0220. The zero-order valence-corrected chi connectivity index (χ0v) is 17.8. The number of nitrogen functional groups attached to an aromatic ring is 1. The Morgan fingerprint density at radius 2 is 2.03 bits per heavy atom. The van der Waals surface area contributed by atoms with Crippen LogP contribution in [0.4, 0.5) is 5.82 Å². The molecular weight excluding hydrogens is 420 g/mol. The highest BCUT2D eigenvalue weighted by Crippen LogP contribution is 2.24. The number of nitrogens with two attached hydrogens (primary N) is 1. The molecule has 6 nitrogen and oxygen atoms in total. The zero-order chi connectivity index (χ0) is 21.3. The van der Waals surface area contributed by atoms with Gasteiger partial charge in [0.1, 0.15) is 10.8 Å². The van der Waals surface area contributed by atoms with Crippen molar-refractivity contribution in [3.05, 3.63) is 85.2 Å². The number of halogens is 1. The lowest BCUT2D eigenvalue weighted by atomic mass is 9.95. The van der Waals surface area contributed by atoms with Crippen molar-refractivity contribution in [3.8, 4) is 0 Å². The van der Waals surface area contributed by atoms with Gasteiger partial charge in [0, 0.05) is 17.0 Å². The summed E-state index contributed by atoms with van der Waals surface area (Å²) in [6.45, 7) is 2.05. The molecule has 0 atom stereocenters. The van der Waals surface area contributed by atoms with Gasteiger partial charge < -0.3 is 5.73 Å². The summed E-state index contributed by atoms with van der Waals surface area (Å²) in [7, 11) is 0. The lowest BCUT2D eigenvalue weighted by Crippen LogP contribution is -2.17. The molecule has 0 radical (unpaired) electrons. The van der Waals surface area contributed by atoms with Crippen LogP contribution in [0, 0.1) is 0 Å². The first-order valence-electron chi connectivity index (χ1n) is 9.52. The molecule has 0 unspecified atom stereocenters. The number of benzene rings is 1. The van der Waals surface area contributed by atoms with Crippen molar-refractivity contribution in [1.29, 1.82) is 0 Å². The highest BCUT2D eigenvalue weighted by molar-refractivity contribution is 7.16. The quantitative estimate of drug-likeness (QED) is 0.607. The maximum Gasteiger partial charge on any atom is 0.283 e. The van der Waals surface area contributed by atoms with Gasteiger partial charge in [0.15, 0.2) is 5.78 Å². The molecule has 0 bridgehead atoms. The van der Waals surface area contributed by atoms with E-state index in [4.69, 9.17) is 17.3 Å². The molecule has 8 heteroatoms. The molecular formula is C22H19ClN4O2S. The second-order valence-electron chi connectivity index (χ2n) is 6.94. The van der Waals surface area contributed by atoms with E-state index < -0.39 is 5.56 Å². The van der Waals surface area contributed by atoms with Crippen molar-refractivity contribution in [2.45, 2.75) is 26.2 Å². The number of nitrogens with zero attached hydrogens (tertiary/aromatic N) is 3. The van der Waals surface area contributed by atoms with Gasteiger partial charge in [0.05, 0.1) is 5.56 Å². The van der Waals surface area contributed by atoms with Crippen LogP contribution in [0.15, 0.2) is 58.4 Å². The van der Waals surface area contributed by atoms with Gasteiger partial charge in [-0.2, -0.15) is 14.6 Å². The molecule has 1 aliphatic rings. The average molecular weight is 439 g/mol. The van der Waals surface area contributed by atoms with Gasteiger partial charge in [0.25, 0.3) is 5.56 Å². The van der Waals surface area contributed by atoms with Gasteiger partial charge in [-0.05, 0) is 48.3 Å². The van der Waals surface area contributed by atoms with Gasteiger partial charge in [-0.25, -0.2) is 0 Å². The highest BCUT2D eigenvalue weighted by Gasteiger charge is 2.17. The first kappa shape index (κ1) is 20.3. The number of carbonyl (C=O) groups excluding carboxylic acids is 1. The molecule has 0 amide bonds. The molecule has 1 aliphatic carbocycles.